The molecule has 118 heavy (non-hydrogen) atoms. The van der Waals surface area contributed by atoms with Crippen molar-refractivity contribution in [2.24, 2.45) is 0 Å². The number of para-hydroxylation sites is 9. The molecule has 0 bridgehead atoms. The second-order valence-electron chi connectivity index (χ2n) is 30.9. The van der Waals surface area contributed by atoms with Gasteiger partial charge in [0, 0.05) is 110 Å². The maximum Gasteiger partial charge on any atom is 0.252 e. The van der Waals surface area contributed by atoms with Crippen LogP contribution in [-0.4, -0.2) is 13.4 Å². The molecule has 2 aromatic heterocycles. The molecule has 0 saturated carbocycles. The van der Waals surface area contributed by atoms with E-state index >= 15 is 0 Å². The summed E-state index contributed by atoms with van der Waals surface area (Å²) in [6.07, 6.45) is 0. The van der Waals surface area contributed by atoms with Crippen molar-refractivity contribution in [2.45, 2.75) is 9.79 Å². The Balaban J connectivity index is 0.848. The van der Waals surface area contributed by atoms with Crippen LogP contribution in [0.2, 0.25) is 0 Å². The van der Waals surface area contributed by atoms with Crippen molar-refractivity contribution in [3.8, 4) is 44.5 Å². The lowest BCUT2D eigenvalue weighted by Gasteiger charge is -2.46. The number of furan rings is 2. The standard InChI is InChI=1S/C108H69B2N5O2S/c1-10-34-70(35-11-1)81-54-32-55-82(71-36-12-2-13-37-71)103(81)114-95-65-79(111(74-42-18-5-19-43-74)75-44-20-6-21-45-75)64-94-101(95)109(89-62-60-87-85-52-28-30-58-97(85)116-107(87)105(89)114)91-68-92-99(69-93(91)113(94)78-50-26-9-27-51-78)118-100-67-80(112(76-46-22-7-23-47-76)77-48-24-8-25-49-77)66-96-102(100)110(92)90-63-61-88-86-53-29-31-59-98(86)117-108(88)106(90)115(96)104-83(72-38-14-3-15-39-72)56-33-57-84(104)73-40-16-4-17-41-73/h1-69H. The molecule has 6 heterocycles. The number of benzene rings is 18. The van der Waals surface area contributed by atoms with Crippen LogP contribution in [0.1, 0.15) is 0 Å². The predicted molar refractivity (Wildman–Crippen MR) is 496 cm³/mol. The summed E-state index contributed by atoms with van der Waals surface area (Å²) < 4.78 is 15.3. The molecule has 10 heteroatoms. The number of rotatable bonds is 13. The minimum atomic E-state index is -0.378. The smallest absolute Gasteiger partial charge is 0.252 e. The largest absolute Gasteiger partial charge is 0.454 e. The third kappa shape index (κ3) is 10.6. The van der Waals surface area contributed by atoms with Crippen LogP contribution in [0, 0.1) is 0 Å². The Morgan fingerprint density at radius 3 is 0.992 bits per heavy atom. The molecular formula is C108H69B2N5O2S. The van der Waals surface area contributed by atoms with Crippen molar-refractivity contribution in [1.82, 2.24) is 0 Å². The van der Waals surface area contributed by atoms with Crippen molar-refractivity contribution >= 4 is 187 Å². The molecule has 0 spiro atoms. The SMILES string of the molecule is c1ccc(-c2cccc(-c3ccccc3)c2N2c3cc(N(c4ccccc4)c4ccccc4)cc4c3B(c3cc5c(cc3S4)N(c3ccccc3)c3cc(N(c4ccccc4)c4ccccc4)cc4c3B5c3ccc5c(oc6ccccc65)c3N4c3c(-c4ccccc4)cccc3-c3ccccc3)c3ccc4c(oc5ccccc54)c32)cc1. The van der Waals surface area contributed by atoms with Crippen molar-refractivity contribution < 1.29 is 8.83 Å². The highest BCUT2D eigenvalue weighted by Crippen LogP contribution is 2.58. The minimum absolute atomic E-state index is 0.335. The number of fused-ring (bicyclic) bond motifs is 16. The molecule has 18 aromatic carbocycles. The summed E-state index contributed by atoms with van der Waals surface area (Å²) in [5.41, 5.74) is 34.7. The fraction of sp³-hybridized carbons (Fsp3) is 0. The first-order chi connectivity index (χ1) is 58.6. The van der Waals surface area contributed by atoms with Crippen LogP contribution in [-0.2, 0) is 0 Å². The van der Waals surface area contributed by atoms with Gasteiger partial charge in [-0.2, -0.15) is 0 Å². The number of anilines is 15. The highest BCUT2D eigenvalue weighted by Gasteiger charge is 2.50. The molecule has 4 aliphatic rings. The number of hydrogen-bond donors (Lipinski definition) is 0. The monoisotopic (exact) mass is 1520 g/mol. The van der Waals surface area contributed by atoms with E-state index in [0.717, 1.165) is 194 Å². The van der Waals surface area contributed by atoms with Crippen molar-refractivity contribution in [3.05, 3.63) is 419 Å². The van der Waals surface area contributed by atoms with Gasteiger partial charge in [0.25, 0.3) is 6.71 Å². The highest BCUT2D eigenvalue weighted by atomic mass is 32.2. The van der Waals surface area contributed by atoms with E-state index in [-0.39, 0.29) is 13.4 Å². The van der Waals surface area contributed by atoms with Gasteiger partial charge in [-0.25, -0.2) is 0 Å². The lowest BCUT2D eigenvalue weighted by molar-refractivity contribution is 0.669. The van der Waals surface area contributed by atoms with Crippen LogP contribution in [0.3, 0.4) is 0 Å². The summed E-state index contributed by atoms with van der Waals surface area (Å²) in [6.45, 7) is -0.714. The van der Waals surface area contributed by atoms with Gasteiger partial charge >= 0.3 is 0 Å². The van der Waals surface area contributed by atoms with Crippen LogP contribution in [0.15, 0.2) is 437 Å². The average molecular weight is 1520 g/mol. The second kappa shape index (κ2) is 27.4. The molecule has 0 atom stereocenters. The third-order valence-electron chi connectivity index (χ3n) is 24.4. The van der Waals surface area contributed by atoms with Gasteiger partial charge < -0.3 is 33.3 Å². The third-order valence-corrected chi connectivity index (χ3v) is 25.5. The van der Waals surface area contributed by atoms with Crippen LogP contribution in [0.4, 0.5) is 85.3 Å². The highest BCUT2D eigenvalue weighted by molar-refractivity contribution is 8.00. The zero-order valence-electron chi connectivity index (χ0n) is 64.0. The molecular weight excluding hydrogens is 1450 g/mol. The van der Waals surface area contributed by atoms with Gasteiger partial charge in [0.1, 0.15) is 11.2 Å². The summed E-state index contributed by atoms with van der Waals surface area (Å²) in [5, 5.41) is 4.22. The summed E-state index contributed by atoms with van der Waals surface area (Å²) >= 11 is 1.88. The van der Waals surface area contributed by atoms with Gasteiger partial charge in [0.15, 0.2) is 11.2 Å². The Bertz CT molecular complexity index is 7170. The lowest BCUT2D eigenvalue weighted by Crippen LogP contribution is -2.64. The zero-order valence-corrected chi connectivity index (χ0v) is 64.8. The van der Waals surface area contributed by atoms with E-state index in [2.05, 4.69) is 443 Å². The van der Waals surface area contributed by atoms with E-state index in [1.165, 1.54) is 21.9 Å². The molecule has 0 N–H and O–H groups in total. The first kappa shape index (κ1) is 67.5. The maximum atomic E-state index is 7.65. The van der Waals surface area contributed by atoms with Crippen LogP contribution >= 0.6 is 11.8 Å². The Morgan fingerprint density at radius 1 is 0.229 bits per heavy atom. The molecule has 0 saturated heterocycles. The van der Waals surface area contributed by atoms with E-state index in [1.807, 2.05) is 11.8 Å². The maximum absolute atomic E-state index is 7.65. The van der Waals surface area contributed by atoms with Gasteiger partial charge in [0.05, 0.1) is 28.4 Å². The van der Waals surface area contributed by atoms with E-state index in [1.54, 1.807) is 0 Å². The van der Waals surface area contributed by atoms with Gasteiger partial charge in [-0.05, 0) is 153 Å². The van der Waals surface area contributed by atoms with Crippen molar-refractivity contribution in [2.75, 3.05) is 24.5 Å². The van der Waals surface area contributed by atoms with Gasteiger partial charge in [-0.1, -0.05) is 333 Å². The molecule has 550 valence electrons. The average Bonchev–Trinajstić information content (AvgIpc) is 0.977. The number of nitrogens with zero attached hydrogens (tertiary/aromatic N) is 5. The van der Waals surface area contributed by atoms with Gasteiger partial charge in [0.2, 0.25) is 6.71 Å². The lowest BCUT2D eigenvalue weighted by atomic mass is 9.31. The van der Waals surface area contributed by atoms with Crippen molar-refractivity contribution in [3.63, 3.8) is 0 Å². The van der Waals surface area contributed by atoms with Gasteiger partial charge in [-0.3, -0.25) is 0 Å². The van der Waals surface area contributed by atoms with Crippen LogP contribution in [0.25, 0.3) is 88.4 Å². The Morgan fingerprint density at radius 2 is 0.576 bits per heavy atom. The number of hydrogen-bond acceptors (Lipinski definition) is 8. The van der Waals surface area contributed by atoms with Crippen molar-refractivity contribution in [1.29, 1.82) is 0 Å². The Hall–Kier alpha value is -15.0. The van der Waals surface area contributed by atoms with Gasteiger partial charge in [-0.15, -0.1) is 0 Å². The molecule has 0 unspecified atom stereocenters. The molecule has 0 radical (unpaired) electrons. The van der Waals surface area contributed by atoms with E-state index in [0.29, 0.717) is 0 Å². The minimum Gasteiger partial charge on any atom is -0.454 e. The zero-order chi connectivity index (χ0) is 77.5. The first-order valence-electron chi connectivity index (χ1n) is 40.4. The summed E-state index contributed by atoms with van der Waals surface area (Å²) in [6, 6.07) is 154. The van der Waals surface area contributed by atoms with E-state index in [9.17, 15) is 0 Å². The Kier molecular flexibility index (Phi) is 15.7. The van der Waals surface area contributed by atoms with Crippen LogP contribution < -0.4 is 57.3 Å². The van der Waals surface area contributed by atoms with E-state index < -0.39 is 0 Å². The van der Waals surface area contributed by atoms with Crippen LogP contribution in [0.5, 0.6) is 0 Å². The fourth-order valence-corrected chi connectivity index (χ4v) is 20.7. The Labute approximate surface area is 688 Å². The molecule has 0 fully saturated rings. The normalized spacial score (nSPS) is 12.8. The molecule has 0 amide bonds. The molecule has 20 aromatic rings. The quantitative estimate of drug-likeness (QED) is 0.106. The fourth-order valence-electron chi connectivity index (χ4n) is 19.5. The first-order valence-corrected chi connectivity index (χ1v) is 41.3. The molecule has 0 aliphatic carbocycles. The second-order valence-corrected chi connectivity index (χ2v) is 32.0. The van der Waals surface area contributed by atoms with E-state index in [4.69, 9.17) is 8.83 Å². The summed E-state index contributed by atoms with van der Waals surface area (Å²) in [4.78, 5) is 15.0. The molecule has 4 aliphatic heterocycles. The molecule has 24 rings (SSSR count). The topological polar surface area (TPSA) is 42.5 Å². The predicted octanol–water partition coefficient (Wildman–Crippen LogP) is 25.9. The summed E-state index contributed by atoms with van der Waals surface area (Å²) in [5.74, 6) is 0. The molecule has 7 nitrogen and oxygen atoms in total. The summed E-state index contributed by atoms with van der Waals surface area (Å²) in [7, 11) is 0.